The van der Waals surface area contributed by atoms with E-state index in [1.54, 1.807) is 11.3 Å². The van der Waals surface area contributed by atoms with Crippen LogP contribution in [0.1, 0.15) is 23.7 Å². The quantitative estimate of drug-likeness (QED) is 0.805. The molecule has 1 aromatic rings. The van der Waals surface area contributed by atoms with Crippen molar-refractivity contribution in [3.8, 4) is 0 Å². The number of thiazole rings is 1. The van der Waals surface area contributed by atoms with Gasteiger partial charge in [-0.25, -0.2) is 4.98 Å². The maximum atomic E-state index is 5.77. The van der Waals surface area contributed by atoms with Crippen LogP contribution in [0.2, 0.25) is 0 Å². The Bertz CT molecular complexity index is 265. The second-order valence-corrected chi connectivity index (χ2v) is 5.15. The standard InChI is InChI=1S/C9H16N2OS/c1-7-11-4-8(13-7)5-12-6-9(2,3)10/h4H,5-6,10H2,1-3H3. The fraction of sp³-hybridized carbons (Fsp3) is 0.667. The second kappa shape index (κ2) is 4.17. The number of nitrogens with two attached hydrogens (primary N) is 1. The first-order valence-electron chi connectivity index (χ1n) is 4.25. The molecular weight excluding hydrogens is 184 g/mol. The molecule has 0 aliphatic heterocycles. The van der Waals surface area contributed by atoms with Crippen LogP contribution in [0.4, 0.5) is 0 Å². The molecule has 2 N–H and O–H groups in total. The van der Waals surface area contributed by atoms with E-state index < -0.39 is 0 Å². The lowest BCUT2D eigenvalue weighted by Crippen LogP contribution is -2.37. The second-order valence-electron chi connectivity index (χ2n) is 3.83. The predicted octanol–water partition coefficient (Wildman–Crippen LogP) is 1.71. The molecule has 0 bridgehead atoms. The van der Waals surface area contributed by atoms with E-state index in [0.717, 1.165) is 9.88 Å². The Morgan fingerprint density at radius 1 is 1.62 bits per heavy atom. The Kier molecular flexibility index (Phi) is 3.41. The van der Waals surface area contributed by atoms with Gasteiger partial charge in [0.25, 0.3) is 0 Å². The molecule has 1 heterocycles. The average Bonchev–Trinajstić information content (AvgIpc) is 2.33. The summed E-state index contributed by atoms with van der Waals surface area (Å²) in [6.45, 7) is 7.08. The monoisotopic (exact) mass is 200 g/mol. The van der Waals surface area contributed by atoms with Gasteiger partial charge in [0.1, 0.15) is 0 Å². The van der Waals surface area contributed by atoms with Crippen molar-refractivity contribution >= 4 is 11.3 Å². The van der Waals surface area contributed by atoms with Gasteiger partial charge in [0, 0.05) is 11.7 Å². The molecule has 1 rings (SSSR count). The van der Waals surface area contributed by atoms with Crippen LogP contribution in [0.5, 0.6) is 0 Å². The summed E-state index contributed by atoms with van der Waals surface area (Å²) in [7, 11) is 0. The first-order chi connectivity index (χ1) is 5.97. The number of rotatable bonds is 4. The zero-order valence-corrected chi connectivity index (χ0v) is 9.15. The van der Waals surface area contributed by atoms with Gasteiger partial charge in [-0.3, -0.25) is 0 Å². The zero-order valence-electron chi connectivity index (χ0n) is 8.33. The Hall–Kier alpha value is -0.450. The summed E-state index contributed by atoms with van der Waals surface area (Å²) < 4.78 is 5.44. The zero-order chi connectivity index (χ0) is 9.90. The van der Waals surface area contributed by atoms with Gasteiger partial charge in [-0.15, -0.1) is 11.3 Å². The summed E-state index contributed by atoms with van der Waals surface area (Å²) in [5.41, 5.74) is 5.52. The van der Waals surface area contributed by atoms with Crippen molar-refractivity contribution in [1.29, 1.82) is 0 Å². The molecule has 0 aliphatic carbocycles. The molecule has 13 heavy (non-hydrogen) atoms. The topological polar surface area (TPSA) is 48.1 Å². The van der Waals surface area contributed by atoms with Gasteiger partial charge in [0.05, 0.1) is 23.1 Å². The van der Waals surface area contributed by atoms with E-state index >= 15 is 0 Å². The van der Waals surface area contributed by atoms with Crippen molar-refractivity contribution in [3.05, 3.63) is 16.1 Å². The van der Waals surface area contributed by atoms with Crippen LogP contribution in [0.3, 0.4) is 0 Å². The number of aryl methyl sites for hydroxylation is 1. The third kappa shape index (κ3) is 4.36. The number of nitrogens with zero attached hydrogens (tertiary/aromatic N) is 1. The van der Waals surface area contributed by atoms with Crippen LogP contribution < -0.4 is 5.73 Å². The lowest BCUT2D eigenvalue weighted by molar-refractivity contribution is 0.0867. The molecule has 0 amide bonds. The van der Waals surface area contributed by atoms with E-state index in [-0.39, 0.29) is 5.54 Å². The molecule has 0 radical (unpaired) electrons. The summed E-state index contributed by atoms with van der Waals surface area (Å²) in [5.74, 6) is 0. The van der Waals surface area contributed by atoms with Crippen molar-refractivity contribution in [3.63, 3.8) is 0 Å². The third-order valence-electron chi connectivity index (χ3n) is 1.39. The first-order valence-corrected chi connectivity index (χ1v) is 5.07. The van der Waals surface area contributed by atoms with E-state index in [2.05, 4.69) is 4.98 Å². The lowest BCUT2D eigenvalue weighted by Gasteiger charge is -2.17. The Morgan fingerprint density at radius 3 is 2.77 bits per heavy atom. The van der Waals surface area contributed by atoms with Crippen LogP contribution in [0.25, 0.3) is 0 Å². The maximum absolute atomic E-state index is 5.77. The molecule has 0 spiro atoms. The fourth-order valence-corrected chi connectivity index (χ4v) is 1.62. The Morgan fingerprint density at radius 2 is 2.31 bits per heavy atom. The highest BCUT2D eigenvalue weighted by atomic mass is 32.1. The van der Waals surface area contributed by atoms with E-state index in [0.29, 0.717) is 13.2 Å². The predicted molar refractivity (Wildman–Crippen MR) is 54.8 cm³/mol. The summed E-state index contributed by atoms with van der Waals surface area (Å²) in [6, 6.07) is 0. The SMILES string of the molecule is Cc1ncc(COCC(C)(C)N)s1. The summed E-state index contributed by atoms with van der Waals surface area (Å²) in [6.07, 6.45) is 1.85. The Balaban J connectivity index is 2.28. The van der Waals surface area contributed by atoms with Crippen LogP contribution in [-0.2, 0) is 11.3 Å². The molecule has 0 saturated heterocycles. The first kappa shape index (κ1) is 10.6. The van der Waals surface area contributed by atoms with Crippen molar-refractivity contribution in [1.82, 2.24) is 4.98 Å². The highest BCUT2D eigenvalue weighted by Crippen LogP contribution is 2.13. The van der Waals surface area contributed by atoms with E-state index in [1.807, 2.05) is 27.0 Å². The van der Waals surface area contributed by atoms with Gasteiger partial charge in [-0.1, -0.05) is 0 Å². The molecule has 0 unspecified atom stereocenters. The van der Waals surface area contributed by atoms with Gasteiger partial charge in [-0.2, -0.15) is 0 Å². The van der Waals surface area contributed by atoms with Crippen molar-refractivity contribution in [2.24, 2.45) is 5.73 Å². The fourth-order valence-electron chi connectivity index (χ4n) is 0.887. The summed E-state index contributed by atoms with van der Waals surface area (Å²) >= 11 is 1.66. The number of ether oxygens (including phenoxy) is 1. The summed E-state index contributed by atoms with van der Waals surface area (Å²) in [5, 5.41) is 1.07. The molecule has 0 aliphatic rings. The van der Waals surface area contributed by atoms with Crippen LogP contribution >= 0.6 is 11.3 Å². The molecule has 0 fully saturated rings. The van der Waals surface area contributed by atoms with E-state index in [1.165, 1.54) is 0 Å². The largest absolute Gasteiger partial charge is 0.374 e. The molecule has 0 saturated carbocycles. The summed E-state index contributed by atoms with van der Waals surface area (Å²) in [4.78, 5) is 5.29. The molecule has 3 nitrogen and oxygen atoms in total. The number of hydrogen-bond acceptors (Lipinski definition) is 4. The van der Waals surface area contributed by atoms with Crippen LogP contribution in [-0.4, -0.2) is 17.1 Å². The minimum absolute atomic E-state index is 0.250. The van der Waals surface area contributed by atoms with Crippen LogP contribution in [0, 0.1) is 6.92 Å². The molecular formula is C9H16N2OS. The normalized spacial score (nSPS) is 12.0. The van der Waals surface area contributed by atoms with E-state index in [9.17, 15) is 0 Å². The minimum Gasteiger partial charge on any atom is -0.374 e. The highest BCUT2D eigenvalue weighted by molar-refractivity contribution is 7.11. The highest BCUT2D eigenvalue weighted by Gasteiger charge is 2.10. The van der Waals surface area contributed by atoms with Gasteiger partial charge < -0.3 is 10.5 Å². The average molecular weight is 200 g/mol. The van der Waals surface area contributed by atoms with Gasteiger partial charge in [-0.05, 0) is 20.8 Å². The minimum atomic E-state index is -0.250. The van der Waals surface area contributed by atoms with Crippen molar-refractivity contribution < 1.29 is 4.74 Å². The molecule has 1 aromatic heterocycles. The van der Waals surface area contributed by atoms with Gasteiger partial charge >= 0.3 is 0 Å². The molecule has 0 aromatic carbocycles. The van der Waals surface area contributed by atoms with Crippen molar-refractivity contribution in [2.45, 2.75) is 32.9 Å². The smallest absolute Gasteiger partial charge is 0.0897 e. The van der Waals surface area contributed by atoms with Crippen molar-refractivity contribution in [2.75, 3.05) is 6.61 Å². The molecule has 0 atom stereocenters. The third-order valence-corrected chi connectivity index (χ3v) is 2.27. The van der Waals surface area contributed by atoms with Crippen LogP contribution in [0.15, 0.2) is 6.20 Å². The number of hydrogen-bond donors (Lipinski definition) is 1. The van der Waals surface area contributed by atoms with Gasteiger partial charge in [0.15, 0.2) is 0 Å². The maximum Gasteiger partial charge on any atom is 0.0897 e. The molecule has 74 valence electrons. The Labute approximate surface area is 82.9 Å². The number of aromatic nitrogens is 1. The van der Waals surface area contributed by atoms with E-state index in [4.69, 9.17) is 10.5 Å². The molecule has 4 heteroatoms. The lowest BCUT2D eigenvalue weighted by atomic mass is 10.1. The van der Waals surface area contributed by atoms with Gasteiger partial charge in [0.2, 0.25) is 0 Å².